The van der Waals surface area contributed by atoms with Crippen molar-refractivity contribution in [3.63, 3.8) is 0 Å². The summed E-state index contributed by atoms with van der Waals surface area (Å²) in [7, 11) is 0. The van der Waals surface area contributed by atoms with Crippen LogP contribution in [-0.2, 0) is 12.8 Å². The lowest BCUT2D eigenvalue weighted by atomic mass is 9.90. The number of terminal acetylenes is 1. The molecule has 1 aromatic carbocycles. The third-order valence-electron chi connectivity index (χ3n) is 3.36. The number of nitrogens with one attached hydrogen (secondary N) is 1. The van der Waals surface area contributed by atoms with Crippen LogP contribution in [-0.4, -0.2) is 24.0 Å². The van der Waals surface area contributed by atoms with E-state index in [1.807, 2.05) is 0 Å². The number of benzene rings is 1. The topological polar surface area (TPSA) is 50.4 Å². The van der Waals surface area contributed by atoms with Gasteiger partial charge in [-0.05, 0) is 42.9 Å². The molecule has 0 radical (unpaired) electrons. The molecular formula is C16H21N3S. The van der Waals surface area contributed by atoms with Gasteiger partial charge in [-0.1, -0.05) is 18.1 Å². The fourth-order valence-electron chi connectivity index (χ4n) is 2.44. The highest BCUT2D eigenvalue weighted by molar-refractivity contribution is 7.99. The molecule has 106 valence electrons. The molecule has 3 N–H and O–H groups in total. The molecule has 0 amide bonds. The Hall–Kier alpha value is -1.60. The van der Waals surface area contributed by atoms with Gasteiger partial charge in [0.1, 0.15) is 0 Å². The number of nitrogens with two attached hydrogens (primary N) is 1. The Morgan fingerprint density at radius 2 is 2.25 bits per heavy atom. The van der Waals surface area contributed by atoms with Crippen molar-refractivity contribution in [2.75, 3.05) is 23.4 Å². The summed E-state index contributed by atoms with van der Waals surface area (Å²) in [6.07, 6.45) is 10.0. The summed E-state index contributed by atoms with van der Waals surface area (Å²) in [4.78, 5) is 4.33. The van der Waals surface area contributed by atoms with Gasteiger partial charge in [0.2, 0.25) is 0 Å². The lowest BCUT2D eigenvalue weighted by molar-refractivity contribution is 0.687. The number of aryl methyl sites for hydroxylation is 1. The standard InChI is InChI=1S/C16H21N3S/c1-2-11-20-12-10-18-16(17)19-15-9-5-7-13-6-3-4-8-14(13)15/h1,5,7,9H,3-4,6,8,10-12H2,(H3,17,18,19). The zero-order valence-electron chi connectivity index (χ0n) is 11.7. The van der Waals surface area contributed by atoms with Crippen LogP contribution in [0.2, 0.25) is 0 Å². The molecule has 0 atom stereocenters. The first kappa shape index (κ1) is 14.8. The summed E-state index contributed by atoms with van der Waals surface area (Å²) >= 11 is 1.70. The van der Waals surface area contributed by atoms with Gasteiger partial charge >= 0.3 is 0 Å². The summed E-state index contributed by atoms with van der Waals surface area (Å²) in [5, 5.41) is 3.24. The number of nitrogens with zero attached hydrogens (tertiary/aromatic N) is 1. The Morgan fingerprint density at radius 3 is 3.10 bits per heavy atom. The van der Waals surface area contributed by atoms with Crippen LogP contribution in [0.1, 0.15) is 24.0 Å². The Labute approximate surface area is 125 Å². The molecule has 0 bridgehead atoms. The van der Waals surface area contributed by atoms with E-state index < -0.39 is 0 Å². The fraction of sp³-hybridized carbons (Fsp3) is 0.438. The molecule has 1 aliphatic rings. The SMILES string of the molecule is C#CCSCCN=C(N)Nc1cccc2c1CCCC2. The van der Waals surface area contributed by atoms with Crippen molar-refractivity contribution < 1.29 is 0 Å². The first-order chi connectivity index (χ1) is 9.81. The molecule has 0 aliphatic heterocycles. The summed E-state index contributed by atoms with van der Waals surface area (Å²) < 4.78 is 0. The number of fused-ring (bicyclic) bond motifs is 1. The zero-order valence-corrected chi connectivity index (χ0v) is 12.5. The Morgan fingerprint density at radius 1 is 1.40 bits per heavy atom. The predicted octanol–water partition coefficient (Wildman–Crippen LogP) is 2.66. The zero-order chi connectivity index (χ0) is 14.2. The van der Waals surface area contributed by atoms with Crippen LogP contribution < -0.4 is 11.1 Å². The maximum atomic E-state index is 5.94. The van der Waals surface area contributed by atoms with Crippen LogP contribution in [0.3, 0.4) is 0 Å². The molecule has 0 unspecified atom stereocenters. The minimum absolute atomic E-state index is 0.491. The Balaban J connectivity index is 1.92. The van der Waals surface area contributed by atoms with E-state index in [1.54, 1.807) is 11.8 Å². The van der Waals surface area contributed by atoms with Crippen LogP contribution in [0.15, 0.2) is 23.2 Å². The van der Waals surface area contributed by atoms with Crippen molar-refractivity contribution in [2.24, 2.45) is 10.7 Å². The number of aliphatic imine (C=N–C) groups is 1. The molecule has 1 aromatic rings. The molecule has 0 saturated heterocycles. The monoisotopic (exact) mass is 287 g/mol. The molecule has 0 aromatic heterocycles. The Bertz CT molecular complexity index is 517. The van der Waals surface area contributed by atoms with Crippen molar-refractivity contribution >= 4 is 23.4 Å². The summed E-state index contributed by atoms with van der Waals surface area (Å²) in [6, 6.07) is 6.38. The largest absolute Gasteiger partial charge is 0.370 e. The highest BCUT2D eigenvalue weighted by Crippen LogP contribution is 2.27. The van der Waals surface area contributed by atoms with Crippen LogP contribution >= 0.6 is 11.8 Å². The molecule has 2 rings (SSSR count). The molecule has 4 heteroatoms. The van der Waals surface area contributed by atoms with Gasteiger partial charge in [-0.2, -0.15) is 0 Å². The second-order valence-corrected chi connectivity index (χ2v) is 5.90. The van der Waals surface area contributed by atoms with E-state index in [9.17, 15) is 0 Å². The van der Waals surface area contributed by atoms with Crippen LogP contribution in [0.5, 0.6) is 0 Å². The highest BCUT2D eigenvalue weighted by Gasteiger charge is 2.12. The normalized spacial score (nSPS) is 14.4. The van der Waals surface area contributed by atoms with Gasteiger partial charge in [-0.15, -0.1) is 18.2 Å². The molecule has 3 nitrogen and oxygen atoms in total. The highest BCUT2D eigenvalue weighted by atomic mass is 32.2. The lowest BCUT2D eigenvalue weighted by Crippen LogP contribution is -2.24. The number of anilines is 1. The summed E-state index contributed by atoms with van der Waals surface area (Å²) in [5.41, 5.74) is 9.90. The van der Waals surface area contributed by atoms with Gasteiger partial charge in [0.25, 0.3) is 0 Å². The minimum Gasteiger partial charge on any atom is -0.370 e. The molecule has 1 aliphatic carbocycles. The first-order valence-corrected chi connectivity index (χ1v) is 8.15. The van der Waals surface area contributed by atoms with Crippen molar-refractivity contribution in [1.82, 2.24) is 0 Å². The van der Waals surface area contributed by atoms with E-state index >= 15 is 0 Å². The Kier molecular flexibility index (Phi) is 5.82. The van der Waals surface area contributed by atoms with Gasteiger partial charge in [0, 0.05) is 11.4 Å². The summed E-state index contributed by atoms with van der Waals surface area (Å²) in [6.45, 7) is 0.695. The molecule has 20 heavy (non-hydrogen) atoms. The number of hydrogen-bond donors (Lipinski definition) is 2. The van der Waals surface area contributed by atoms with E-state index in [2.05, 4.69) is 34.4 Å². The number of guanidine groups is 1. The van der Waals surface area contributed by atoms with Gasteiger partial charge in [0.15, 0.2) is 5.96 Å². The number of thioether (sulfide) groups is 1. The average Bonchev–Trinajstić information content (AvgIpc) is 2.47. The van der Waals surface area contributed by atoms with Crippen molar-refractivity contribution in [3.8, 4) is 12.3 Å². The minimum atomic E-state index is 0.491. The first-order valence-electron chi connectivity index (χ1n) is 7.00. The number of hydrogen-bond acceptors (Lipinski definition) is 2. The van der Waals surface area contributed by atoms with Crippen LogP contribution in [0.4, 0.5) is 5.69 Å². The third kappa shape index (κ3) is 4.21. The van der Waals surface area contributed by atoms with Gasteiger partial charge < -0.3 is 11.1 Å². The smallest absolute Gasteiger partial charge is 0.193 e. The molecule has 0 saturated carbocycles. The molecule has 0 heterocycles. The van der Waals surface area contributed by atoms with E-state index in [0.29, 0.717) is 12.5 Å². The van der Waals surface area contributed by atoms with Crippen molar-refractivity contribution in [2.45, 2.75) is 25.7 Å². The van der Waals surface area contributed by atoms with E-state index in [0.717, 1.165) is 23.6 Å². The van der Waals surface area contributed by atoms with Gasteiger partial charge in [-0.3, -0.25) is 4.99 Å². The molecule has 0 fully saturated rings. The van der Waals surface area contributed by atoms with E-state index in [4.69, 9.17) is 12.2 Å². The van der Waals surface area contributed by atoms with E-state index in [-0.39, 0.29) is 0 Å². The second kappa shape index (κ2) is 7.86. The third-order valence-corrected chi connectivity index (χ3v) is 4.20. The molecular weight excluding hydrogens is 266 g/mol. The number of rotatable bonds is 5. The summed E-state index contributed by atoms with van der Waals surface area (Å²) in [5.74, 6) is 4.72. The van der Waals surface area contributed by atoms with Gasteiger partial charge in [-0.25, -0.2) is 0 Å². The van der Waals surface area contributed by atoms with Crippen molar-refractivity contribution in [3.05, 3.63) is 29.3 Å². The van der Waals surface area contributed by atoms with Gasteiger partial charge in [0.05, 0.1) is 12.3 Å². The molecule has 0 spiro atoms. The average molecular weight is 287 g/mol. The maximum absolute atomic E-state index is 5.94. The van der Waals surface area contributed by atoms with Crippen LogP contribution in [0.25, 0.3) is 0 Å². The lowest BCUT2D eigenvalue weighted by Gasteiger charge is -2.19. The van der Waals surface area contributed by atoms with Crippen molar-refractivity contribution in [1.29, 1.82) is 0 Å². The fourth-order valence-corrected chi connectivity index (χ4v) is 2.92. The van der Waals surface area contributed by atoms with E-state index in [1.165, 1.54) is 30.4 Å². The van der Waals surface area contributed by atoms with Crippen LogP contribution in [0, 0.1) is 12.3 Å². The quantitative estimate of drug-likeness (QED) is 0.379. The maximum Gasteiger partial charge on any atom is 0.193 e. The second-order valence-electron chi connectivity index (χ2n) is 4.80. The predicted molar refractivity (Wildman–Crippen MR) is 89.4 cm³/mol.